The third-order valence-electron chi connectivity index (χ3n) is 2.40. The summed E-state index contributed by atoms with van der Waals surface area (Å²) in [5.41, 5.74) is 1.55. The van der Waals surface area contributed by atoms with Gasteiger partial charge in [0.25, 0.3) is 0 Å². The first-order valence-corrected chi connectivity index (χ1v) is 5.42. The number of amides is 1. The van der Waals surface area contributed by atoms with Gasteiger partial charge in [-0.25, -0.2) is 0 Å². The lowest BCUT2D eigenvalue weighted by molar-refractivity contribution is -0.641. The third kappa shape index (κ3) is 3.31. The third-order valence-corrected chi connectivity index (χ3v) is 2.40. The molecule has 0 fully saturated rings. The van der Waals surface area contributed by atoms with Crippen LogP contribution in [0.3, 0.4) is 0 Å². The molecule has 1 amide bonds. The number of aromatic nitrogens is 1. The van der Waals surface area contributed by atoms with Crippen LogP contribution in [0.15, 0.2) is 54.9 Å². The zero-order valence-electron chi connectivity index (χ0n) is 9.69. The van der Waals surface area contributed by atoms with Gasteiger partial charge in [-0.15, -0.1) is 5.43 Å². The second-order valence-electron chi connectivity index (χ2n) is 3.80. The summed E-state index contributed by atoms with van der Waals surface area (Å²) in [7, 11) is 0. The van der Waals surface area contributed by atoms with Crippen LogP contribution < -0.4 is 10.1 Å². The quantitative estimate of drug-likeness (QED) is 0.833. The van der Waals surface area contributed by atoms with Crippen molar-refractivity contribution < 1.29 is 22.6 Å². The molecule has 3 nitrogen and oxygen atoms in total. The van der Waals surface area contributed by atoms with Crippen LogP contribution in [-0.2, 0) is 6.18 Å². The van der Waals surface area contributed by atoms with E-state index in [1.807, 2.05) is 0 Å². The van der Waals surface area contributed by atoms with Crippen LogP contribution >= 0.6 is 0 Å². The minimum Gasteiger partial charge on any atom is -0.264 e. The van der Waals surface area contributed by atoms with Crippen molar-refractivity contribution >= 4 is 5.91 Å². The van der Waals surface area contributed by atoms with Crippen LogP contribution in [0.5, 0.6) is 0 Å². The lowest BCUT2D eigenvalue weighted by atomic mass is 10.1. The summed E-state index contributed by atoms with van der Waals surface area (Å²) in [6.07, 6.45) is -1.31. The molecule has 0 saturated carbocycles. The zero-order valence-corrected chi connectivity index (χ0v) is 9.69. The number of rotatable bonds is 2. The number of pyridine rings is 1. The van der Waals surface area contributed by atoms with E-state index in [1.165, 1.54) is 16.8 Å². The van der Waals surface area contributed by atoms with Crippen molar-refractivity contribution in [2.24, 2.45) is 0 Å². The van der Waals surface area contributed by atoms with E-state index in [4.69, 9.17) is 0 Å². The van der Waals surface area contributed by atoms with E-state index < -0.39 is 17.6 Å². The maximum atomic E-state index is 12.5. The Kier molecular flexibility index (Phi) is 3.50. The monoisotopic (exact) mass is 267 g/mol. The van der Waals surface area contributed by atoms with Gasteiger partial charge in [0, 0.05) is 17.7 Å². The molecular formula is C13H10F3N2O+. The molecule has 0 saturated heterocycles. The summed E-state index contributed by atoms with van der Waals surface area (Å²) in [4.78, 5) is 11.8. The average Bonchev–Trinajstić information content (AvgIpc) is 2.39. The van der Waals surface area contributed by atoms with E-state index in [0.717, 1.165) is 12.1 Å². The summed E-state index contributed by atoms with van der Waals surface area (Å²) in [6, 6.07) is 9.40. The van der Waals surface area contributed by atoms with Gasteiger partial charge in [0.1, 0.15) is 0 Å². The van der Waals surface area contributed by atoms with Crippen LogP contribution in [0.2, 0.25) is 0 Å². The average molecular weight is 267 g/mol. The molecule has 1 heterocycles. The standard InChI is InChI=1S/C13H9F3N2O/c14-13(15,16)11-6-4-5-10(9-11)12(19)17-18-7-2-1-3-8-18/h1-9H/p+1. The van der Waals surface area contributed by atoms with Gasteiger partial charge in [0.15, 0.2) is 12.4 Å². The molecule has 0 atom stereocenters. The van der Waals surface area contributed by atoms with E-state index in [9.17, 15) is 18.0 Å². The van der Waals surface area contributed by atoms with Gasteiger partial charge in [0.05, 0.1) is 5.56 Å². The van der Waals surface area contributed by atoms with Crippen molar-refractivity contribution in [3.05, 3.63) is 66.0 Å². The fraction of sp³-hybridized carbons (Fsp3) is 0.0769. The molecule has 2 aromatic rings. The molecule has 0 aliphatic rings. The van der Waals surface area contributed by atoms with E-state index >= 15 is 0 Å². The van der Waals surface area contributed by atoms with Gasteiger partial charge in [0.2, 0.25) is 0 Å². The highest BCUT2D eigenvalue weighted by atomic mass is 19.4. The number of alkyl halides is 3. The summed E-state index contributed by atoms with van der Waals surface area (Å²) in [5, 5.41) is 0. The molecule has 2 rings (SSSR count). The van der Waals surface area contributed by atoms with Crippen LogP contribution in [0.4, 0.5) is 13.2 Å². The van der Waals surface area contributed by atoms with Crippen molar-refractivity contribution in [3.8, 4) is 0 Å². The number of hydrogen-bond donors (Lipinski definition) is 1. The highest BCUT2D eigenvalue weighted by Gasteiger charge is 2.31. The SMILES string of the molecule is O=C(N[n+]1ccccc1)c1cccc(C(F)(F)F)c1. The van der Waals surface area contributed by atoms with Crippen LogP contribution in [0.1, 0.15) is 15.9 Å². The van der Waals surface area contributed by atoms with E-state index in [0.29, 0.717) is 0 Å². The normalized spacial score (nSPS) is 11.1. The van der Waals surface area contributed by atoms with Gasteiger partial charge in [-0.3, -0.25) is 4.79 Å². The number of nitrogens with one attached hydrogen (secondary N) is 1. The molecular weight excluding hydrogens is 257 g/mol. The Bertz CT molecular complexity index is 582. The number of carbonyl (C=O) groups excluding carboxylic acids is 1. The molecule has 0 spiro atoms. The van der Waals surface area contributed by atoms with Crippen LogP contribution in [0, 0.1) is 0 Å². The number of carbonyl (C=O) groups is 1. The summed E-state index contributed by atoms with van der Waals surface area (Å²) in [5.74, 6) is -0.609. The molecule has 0 radical (unpaired) electrons. The smallest absolute Gasteiger partial charge is 0.264 e. The van der Waals surface area contributed by atoms with Crippen LogP contribution in [0.25, 0.3) is 0 Å². The predicted octanol–water partition coefficient (Wildman–Crippen LogP) is 2.38. The second kappa shape index (κ2) is 5.09. The molecule has 6 heteroatoms. The van der Waals surface area contributed by atoms with Crippen molar-refractivity contribution in [1.82, 2.24) is 0 Å². The van der Waals surface area contributed by atoms with Crippen molar-refractivity contribution in [2.45, 2.75) is 6.18 Å². The van der Waals surface area contributed by atoms with E-state index in [-0.39, 0.29) is 5.56 Å². The largest absolute Gasteiger partial charge is 0.416 e. The van der Waals surface area contributed by atoms with Gasteiger partial charge in [-0.05, 0) is 18.2 Å². The van der Waals surface area contributed by atoms with Gasteiger partial charge in [-0.1, -0.05) is 16.8 Å². The Labute approximate surface area is 107 Å². The van der Waals surface area contributed by atoms with Gasteiger partial charge < -0.3 is 0 Å². The summed E-state index contributed by atoms with van der Waals surface area (Å²) < 4.78 is 38.9. The topological polar surface area (TPSA) is 33.0 Å². The maximum Gasteiger partial charge on any atom is 0.416 e. The minimum absolute atomic E-state index is 0.0498. The van der Waals surface area contributed by atoms with Crippen molar-refractivity contribution in [2.75, 3.05) is 5.43 Å². The highest BCUT2D eigenvalue weighted by molar-refractivity contribution is 5.98. The minimum atomic E-state index is -4.46. The van der Waals surface area contributed by atoms with Crippen molar-refractivity contribution in [1.29, 1.82) is 0 Å². The molecule has 0 aliphatic heterocycles. The Morgan fingerprint density at radius 2 is 1.74 bits per heavy atom. The fourth-order valence-corrected chi connectivity index (χ4v) is 1.49. The van der Waals surface area contributed by atoms with Crippen molar-refractivity contribution in [3.63, 3.8) is 0 Å². The fourth-order valence-electron chi connectivity index (χ4n) is 1.49. The summed E-state index contributed by atoms with van der Waals surface area (Å²) >= 11 is 0. The summed E-state index contributed by atoms with van der Waals surface area (Å²) in [6.45, 7) is 0. The molecule has 1 N–H and O–H groups in total. The highest BCUT2D eigenvalue weighted by Crippen LogP contribution is 2.29. The molecule has 1 aromatic carbocycles. The number of halogens is 3. The molecule has 0 unspecified atom stereocenters. The first-order valence-electron chi connectivity index (χ1n) is 5.42. The molecule has 19 heavy (non-hydrogen) atoms. The maximum absolute atomic E-state index is 12.5. The Balaban J connectivity index is 2.20. The molecule has 0 aliphatic carbocycles. The van der Waals surface area contributed by atoms with Crippen LogP contribution in [-0.4, -0.2) is 5.91 Å². The lowest BCUT2D eigenvalue weighted by Gasteiger charge is -2.07. The Morgan fingerprint density at radius 3 is 2.37 bits per heavy atom. The number of benzene rings is 1. The predicted molar refractivity (Wildman–Crippen MR) is 61.8 cm³/mol. The lowest BCUT2D eigenvalue weighted by Crippen LogP contribution is -2.47. The Morgan fingerprint density at radius 1 is 1.05 bits per heavy atom. The first-order chi connectivity index (χ1) is 8.97. The number of hydrogen-bond acceptors (Lipinski definition) is 1. The van der Waals surface area contributed by atoms with Gasteiger partial charge >= 0.3 is 12.1 Å². The van der Waals surface area contributed by atoms with Gasteiger partial charge in [-0.2, -0.15) is 13.2 Å². The molecule has 0 bridgehead atoms. The molecule has 1 aromatic heterocycles. The molecule has 98 valence electrons. The Hall–Kier alpha value is -2.37. The number of nitrogens with zero attached hydrogens (tertiary/aromatic N) is 1. The van der Waals surface area contributed by atoms with E-state index in [2.05, 4.69) is 5.43 Å². The second-order valence-corrected chi connectivity index (χ2v) is 3.80. The first kappa shape index (κ1) is 13.1. The van der Waals surface area contributed by atoms with E-state index in [1.54, 1.807) is 30.6 Å². The zero-order chi connectivity index (χ0) is 13.9.